The van der Waals surface area contributed by atoms with Gasteiger partial charge in [-0.05, 0) is 77.2 Å². The molecule has 0 aliphatic rings. The van der Waals surface area contributed by atoms with E-state index >= 15 is 0 Å². The number of anilines is 1. The lowest BCUT2D eigenvalue weighted by molar-refractivity contribution is 0.240. The molecule has 0 fully saturated rings. The van der Waals surface area contributed by atoms with Crippen LogP contribution in [-0.4, -0.2) is 27.6 Å². The van der Waals surface area contributed by atoms with Crippen molar-refractivity contribution >= 4 is 62.6 Å². The highest BCUT2D eigenvalue weighted by Gasteiger charge is 2.20. The molecule has 2 rings (SSSR count). The number of aliphatic hydroxyl groups excluding tert-OH is 1. The van der Waals surface area contributed by atoms with Gasteiger partial charge in [0, 0.05) is 9.13 Å². The summed E-state index contributed by atoms with van der Waals surface area (Å²) in [5, 5.41) is 32.5. The molecule has 1 aromatic heterocycles. The smallest absolute Gasteiger partial charge is 0.140 e. The zero-order valence-corrected chi connectivity index (χ0v) is 19.0. The quantitative estimate of drug-likeness (QED) is 0.394. The maximum absolute atomic E-state index is 9.69. The predicted molar refractivity (Wildman–Crippen MR) is 120 cm³/mol. The van der Waals surface area contributed by atoms with E-state index in [1.54, 1.807) is 6.08 Å². The van der Waals surface area contributed by atoms with Crippen molar-refractivity contribution in [3.05, 3.63) is 36.1 Å². The number of nitrogen functional groups attached to an aromatic ring is 1. The molecule has 0 aliphatic heterocycles. The number of aliphatic hydroxyl groups is 1. The number of nitrogens with zero attached hydrogens (tertiary/aromatic N) is 4. The number of allylic oxidation sites excluding steroid dienone is 1. The predicted octanol–water partition coefficient (Wildman–Crippen LogP) is 3.39. The van der Waals surface area contributed by atoms with E-state index in [0.717, 1.165) is 12.7 Å². The van der Waals surface area contributed by atoms with Crippen molar-refractivity contribution in [2.24, 2.45) is 0 Å². The first kappa shape index (κ1) is 21.5. The Morgan fingerprint density at radius 1 is 1.41 bits per heavy atom. The maximum atomic E-state index is 9.69. The number of rotatable bonds is 6. The summed E-state index contributed by atoms with van der Waals surface area (Å²) in [4.78, 5) is 0. The molecule has 140 valence electrons. The van der Waals surface area contributed by atoms with Gasteiger partial charge in [0.2, 0.25) is 0 Å². The van der Waals surface area contributed by atoms with Gasteiger partial charge in [-0.25, -0.2) is 4.68 Å². The summed E-state index contributed by atoms with van der Waals surface area (Å²) in [5.41, 5.74) is 7.15. The molecular weight excluding hydrogens is 572 g/mol. The Bertz CT molecular complexity index is 968. The molecule has 1 heterocycles. The molecule has 0 amide bonds. The van der Waals surface area contributed by atoms with Gasteiger partial charge >= 0.3 is 0 Å². The van der Waals surface area contributed by atoms with E-state index in [2.05, 4.69) is 56.3 Å². The molecule has 2 aromatic rings. The fourth-order valence-electron chi connectivity index (χ4n) is 2.40. The largest absolute Gasteiger partial charge is 0.489 e. The average molecular weight is 589 g/mol. The Kier molecular flexibility index (Phi) is 7.47. The number of nitriles is 2. The van der Waals surface area contributed by atoms with Crippen LogP contribution >= 0.6 is 45.2 Å². The molecule has 1 aromatic carbocycles. The van der Waals surface area contributed by atoms with Crippen LogP contribution in [0.4, 0.5) is 5.82 Å². The van der Waals surface area contributed by atoms with Gasteiger partial charge in [-0.15, -0.1) is 0 Å². The number of benzene rings is 1. The Hall–Kier alpha value is -1.83. The van der Waals surface area contributed by atoms with Gasteiger partial charge in [0.25, 0.3) is 0 Å². The zero-order chi connectivity index (χ0) is 20.1. The van der Waals surface area contributed by atoms with Crippen molar-refractivity contribution in [1.29, 1.82) is 10.5 Å². The molecule has 7 nitrogen and oxygen atoms in total. The van der Waals surface area contributed by atoms with E-state index in [0.29, 0.717) is 5.75 Å². The van der Waals surface area contributed by atoms with Gasteiger partial charge in [0.05, 0.1) is 28.4 Å². The fraction of sp³-hybridized carbons (Fsp3) is 0.278. The summed E-state index contributed by atoms with van der Waals surface area (Å²) < 4.78 is 9.15. The van der Waals surface area contributed by atoms with E-state index in [4.69, 9.17) is 15.6 Å². The Balaban J connectivity index is 2.67. The van der Waals surface area contributed by atoms with Crippen LogP contribution in [0.15, 0.2) is 12.1 Å². The van der Waals surface area contributed by atoms with Gasteiger partial charge in [-0.1, -0.05) is 0 Å². The highest BCUT2D eigenvalue weighted by molar-refractivity contribution is 14.1. The molecule has 0 aliphatic carbocycles. The fourth-order valence-corrected chi connectivity index (χ4v) is 4.41. The molecule has 3 N–H and O–H groups in total. The van der Waals surface area contributed by atoms with Crippen LogP contribution in [0.5, 0.6) is 5.75 Å². The molecule has 0 saturated heterocycles. The summed E-state index contributed by atoms with van der Waals surface area (Å²) in [5.74, 6) is 0.790. The molecule has 9 heteroatoms. The monoisotopic (exact) mass is 589 g/mol. The molecule has 0 bridgehead atoms. The van der Waals surface area contributed by atoms with E-state index in [1.807, 2.05) is 32.0 Å². The first-order valence-corrected chi connectivity index (χ1v) is 10.1. The van der Waals surface area contributed by atoms with Crippen molar-refractivity contribution < 1.29 is 9.84 Å². The Labute approximate surface area is 184 Å². The first-order valence-electron chi connectivity index (χ1n) is 7.97. The second kappa shape index (κ2) is 9.39. The van der Waals surface area contributed by atoms with E-state index in [-0.39, 0.29) is 41.9 Å². The SMILES string of the molecule is CC(C)Oc1c(I)cc(I)cc1C=C(C#N)c1nn(CCO)c(N)c1C#N. The van der Waals surface area contributed by atoms with E-state index in [9.17, 15) is 10.5 Å². The molecule has 0 atom stereocenters. The van der Waals surface area contributed by atoms with Crippen LogP contribution in [0.1, 0.15) is 30.7 Å². The van der Waals surface area contributed by atoms with Gasteiger partial charge in [-0.2, -0.15) is 15.6 Å². The first-order chi connectivity index (χ1) is 12.8. The Morgan fingerprint density at radius 3 is 2.67 bits per heavy atom. The highest BCUT2D eigenvalue weighted by atomic mass is 127. The number of hydrogen-bond donors (Lipinski definition) is 2. The Morgan fingerprint density at radius 2 is 2.11 bits per heavy atom. The minimum atomic E-state index is -0.177. The third-order valence-corrected chi connectivity index (χ3v) is 4.91. The molecule has 0 spiro atoms. The van der Waals surface area contributed by atoms with Crippen molar-refractivity contribution in [1.82, 2.24) is 9.78 Å². The molecular formula is C18H17I2N5O2. The van der Waals surface area contributed by atoms with Gasteiger partial charge in [-0.3, -0.25) is 0 Å². The summed E-state index contributed by atoms with van der Waals surface area (Å²) in [7, 11) is 0. The van der Waals surface area contributed by atoms with Crippen LogP contribution in [0.3, 0.4) is 0 Å². The van der Waals surface area contributed by atoms with Gasteiger partial charge in [0.1, 0.15) is 35.0 Å². The second-order valence-corrected chi connectivity index (χ2v) is 8.22. The van der Waals surface area contributed by atoms with Gasteiger partial charge < -0.3 is 15.6 Å². The lowest BCUT2D eigenvalue weighted by Crippen LogP contribution is -2.08. The van der Waals surface area contributed by atoms with Crippen molar-refractivity contribution in [2.45, 2.75) is 26.5 Å². The minimum absolute atomic E-state index is 0.0367. The molecule has 0 unspecified atom stereocenters. The third kappa shape index (κ3) is 4.91. The van der Waals surface area contributed by atoms with Crippen LogP contribution in [0, 0.1) is 29.8 Å². The van der Waals surface area contributed by atoms with Crippen LogP contribution in [0.25, 0.3) is 11.6 Å². The lowest BCUT2D eigenvalue weighted by atomic mass is 10.1. The average Bonchev–Trinajstić information content (AvgIpc) is 2.91. The van der Waals surface area contributed by atoms with Crippen molar-refractivity contribution in [2.75, 3.05) is 12.3 Å². The third-order valence-electron chi connectivity index (χ3n) is 3.48. The van der Waals surface area contributed by atoms with E-state index in [1.165, 1.54) is 4.68 Å². The minimum Gasteiger partial charge on any atom is -0.489 e. The van der Waals surface area contributed by atoms with Crippen molar-refractivity contribution in [3.63, 3.8) is 0 Å². The standard InChI is InChI=1S/C18H17I2N5O2/c1-10(2)27-17-11(6-13(19)7-15(17)20)5-12(8-21)16-14(9-22)18(23)25(24-16)3-4-26/h5-7,10,26H,3-4,23H2,1-2H3. The van der Waals surface area contributed by atoms with Crippen LogP contribution < -0.4 is 10.5 Å². The zero-order valence-electron chi connectivity index (χ0n) is 14.7. The summed E-state index contributed by atoms with van der Waals surface area (Å²) >= 11 is 4.39. The van der Waals surface area contributed by atoms with Gasteiger partial charge in [0.15, 0.2) is 0 Å². The number of hydrogen-bond acceptors (Lipinski definition) is 6. The lowest BCUT2D eigenvalue weighted by Gasteiger charge is -2.15. The number of aromatic nitrogens is 2. The second-order valence-electron chi connectivity index (χ2n) is 5.81. The van der Waals surface area contributed by atoms with E-state index < -0.39 is 0 Å². The molecule has 27 heavy (non-hydrogen) atoms. The molecule has 0 saturated carbocycles. The number of halogens is 2. The normalized spacial score (nSPS) is 11.3. The summed E-state index contributed by atoms with van der Waals surface area (Å²) in [6.45, 7) is 3.82. The topological polar surface area (TPSA) is 121 Å². The molecule has 0 radical (unpaired) electrons. The summed E-state index contributed by atoms with van der Waals surface area (Å²) in [6, 6.07) is 7.98. The highest BCUT2D eigenvalue weighted by Crippen LogP contribution is 2.33. The van der Waals surface area contributed by atoms with Crippen LogP contribution in [0.2, 0.25) is 0 Å². The number of nitrogens with two attached hydrogens (primary N) is 1. The number of ether oxygens (including phenoxy) is 1. The van der Waals surface area contributed by atoms with Crippen LogP contribution in [-0.2, 0) is 6.54 Å². The summed E-state index contributed by atoms with van der Waals surface area (Å²) in [6.07, 6.45) is 1.61. The maximum Gasteiger partial charge on any atom is 0.140 e. The van der Waals surface area contributed by atoms with Crippen molar-refractivity contribution in [3.8, 4) is 17.9 Å².